The predicted octanol–water partition coefficient (Wildman–Crippen LogP) is 2.83. The molecule has 8 nitrogen and oxygen atoms in total. The smallest absolute Gasteiger partial charge is 0.312 e. The number of nitro groups is 1. The lowest BCUT2D eigenvalue weighted by Crippen LogP contribution is -2.35. The number of para-hydroxylation sites is 1. The first-order valence-corrected chi connectivity index (χ1v) is 8.15. The molecule has 1 N–H and O–H groups in total. The van der Waals surface area contributed by atoms with Gasteiger partial charge in [-0.3, -0.25) is 25.1 Å². The van der Waals surface area contributed by atoms with Gasteiger partial charge in [0.1, 0.15) is 5.57 Å². The van der Waals surface area contributed by atoms with Gasteiger partial charge in [-0.25, -0.2) is 5.01 Å². The van der Waals surface area contributed by atoms with Gasteiger partial charge in [0, 0.05) is 16.1 Å². The van der Waals surface area contributed by atoms with Crippen molar-refractivity contribution in [2.24, 2.45) is 0 Å². The summed E-state index contributed by atoms with van der Waals surface area (Å²) < 4.78 is 5.54. The third kappa shape index (κ3) is 3.16. The van der Waals surface area contributed by atoms with Crippen LogP contribution in [0.15, 0.2) is 52.5 Å². The number of carbonyl (C=O) groups is 2. The number of ether oxygens (including phenoxy) is 1. The molecule has 1 aliphatic heterocycles. The van der Waals surface area contributed by atoms with Crippen molar-refractivity contribution in [1.29, 1.82) is 0 Å². The third-order valence-corrected chi connectivity index (χ3v) is 4.13. The van der Waals surface area contributed by atoms with Gasteiger partial charge in [-0.15, -0.1) is 0 Å². The van der Waals surface area contributed by atoms with E-state index in [1.165, 1.54) is 25.3 Å². The summed E-state index contributed by atoms with van der Waals surface area (Å²) in [5, 5.41) is 12.3. The molecule has 0 spiro atoms. The van der Waals surface area contributed by atoms with E-state index in [2.05, 4.69) is 21.4 Å². The van der Waals surface area contributed by atoms with Gasteiger partial charge in [0.25, 0.3) is 11.8 Å². The topological polar surface area (TPSA) is 102 Å². The maximum atomic E-state index is 12.6. The number of hydrogen-bond acceptors (Lipinski definition) is 5. The zero-order valence-electron chi connectivity index (χ0n) is 13.4. The number of nitrogens with zero attached hydrogens (tertiary/aromatic N) is 2. The average Bonchev–Trinajstić information content (AvgIpc) is 2.90. The van der Waals surface area contributed by atoms with Crippen LogP contribution in [-0.2, 0) is 9.59 Å². The van der Waals surface area contributed by atoms with Crippen molar-refractivity contribution in [3.63, 3.8) is 0 Å². The van der Waals surface area contributed by atoms with E-state index in [-0.39, 0.29) is 22.6 Å². The van der Waals surface area contributed by atoms with Crippen LogP contribution >= 0.6 is 15.9 Å². The number of amides is 2. The highest BCUT2D eigenvalue weighted by atomic mass is 79.9. The second-order valence-corrected chi connectivity index (χ2v) is 6.20. The Labute approximate surface area is 156 Å². The first kappa shape index (κ1) is 17.6. The van der Waals surface area contributed by atoms with E-state index in [0.717, 1.165) is 5.01 Å². The fourth-order valence-corrected chi connectivity index (χ4v) is 3.00. The molecule has 9 heteroatoms. The average molecular weight is 418 g/mol. The van der Waals surface area contributed by atoms with Crippen molar-refractivity contribution >= 4 is 45.2 Å². The van der Waals surface area contributed by atoms with Crippen LogP contribution in [0.3, 0.4) is 0 Å². The number of nitrogens with one attached hydrogen (secondary N) is 1. The molecule has 0 aromatic heterocycles. The maximum absolute atomic E-state index is 12.6. The summed E-state index contributed by atoms with van der Waals surface area (Å²) in [5.74, 6) is -1.21. The summed E-state index contributed by atoms with van der Waals surface area (Å²) in [4.78, 5) is 35.5. The number of nitro benzene ring substituents is 1. The Morgan fingerprint density at radius 1 is 1.23 bits per heavy atom. The summed E-state index contributed by atoms with van der Waals surface area (Å²) in [6.07, 6.45) is 1.27. The van der Waals surface area contributed by atoms with Gasteiger partial charge in [0.05, 0.1) is 17.7 Å². The number of anilines is 1. The highest BCUT2D eigenvalue weighted by molar-refractivity contribution is 9.10. The molecule has 1 fully saturated rings. The zero-order chi connectivity index (χ0) is 18.8. The Kier molecular flexibility index (Phi) is 4.72. The summed E-state index contributed by atoms with van der Waals surface area (Å²) >= 11 is 3.19. The molecule has 0 aliphatic carbocycles. The zero-order valence-corrected chi connectivity index (χ0v) is 15.0. The molecule has 0 radical (unpaired) electrons. The van der Waals surface area contributed by atoms with E-state index < -0.39 is 16.7 Å². The summed E-state index contributed by atoms with van der Waals surface area (Å²) in [5.41, 5.74) is 2.78. The van der Waals surface area contributed by atoms with Gasteiger partial charge in [-0.05, 0) is 24.3 Å². The third-order valence-electron chi connectivity index (χ3n) is 3.67. The lowest BCUT2D eigenvalue weighted by molar-refractivity contribution is -0.385. The van der Waals surface area contributed by atoms with Gasteiger partial charge in [-0.2, -0.15) is 0 Å². The van der Waals surface area contributed by atoms with Crippen molar-refractivity contribution in [2.75, 3.05) is 12.1 Å². The van der Waals surface area contributed by atoms with Crippen LogP contribution in [0.2, 0.25) is 0 Å². The highest BCUT2D eigenvalue weighted by Gasteiger charge is 2.35. The number of hydrazine groups is 1. The maximum Gasteiger partial charge on any atom is 0.312 e. The summed E-state index contributed by atoms with van der Waals surface area (Å²) in [6.45, 7) is 0. The van der Waals surface area contributed by atoms with Crippen LogP contribution in [0.25, 0.3) is 6.08 Å². The fourth-order valence-electron chi connectivity index (χ4n) is 2.54. The van der Waals surface area contributed by atoms with Crippen LogP contribution in [0.1, 0.15) is 5.56 Å². The second-order valence-electron chi connectivity index (χ2n) is 5.28. The standard InChI is InChI=1S/C17H12BrN3O5/c1-26-15-10(7-11(18)9-14(15)21(24)25)8-13-16(22)19-20(17(13)23)12-5-3-2-4-6-12/h2-9H,1H3,(H,19,22)/b13-8-. The molecule has 26 heavy (non-hydrogen) atoms. The van der Waals surface area contributed by atoms with Gasteiger partial charge in [0.2, 0.25) is 5.75 Å². The minimum absolute atomic E-state index is 0.0375. The minimum atomic E-state index is -0.608. The summed E-state index contributed by atoms with van der Waals surface area (Å²) in [6, 6.07) is 11.4. The van der Waals surface area contributed by atoms with Crippen molar-refractivity contribution in [1.82, 2.24) is 5.43 Å². The molecule has 132 valence electrons. The van der Waals surface area contributed by atoms with Crippen molar-refractivity contribution in [3.8, 4) is 5.75 Å². The van der Waals surface area contributed by atoms with Crippen molar-refractivity contribution < 1.29 is 19.2 Å². The monoisotopic (exact) mass is 417 g/mol. The molecule has 1 heterocycles. The Balaban J connectivity index is 2.07. The fraction of sp³-hybridized carbons (Fsp3) is 0.0588. The molecule has 2 aromatic carbocycles. The van der Waals surface area contributed by atoms with E-state index in [0.29, 0.717) is 10.2 Å². The summed E-state index contributed by atoms with van der Waals surface area (Å²) in [7, 11) is 1.28. The molecule has 1 aliphatic rings. The molecule has 0 bridgehead atoms. The van der Waals surface area contributed by atoms with Gasteiger partial charge in [-0.1, -0.05) is 34.1 Å². The number of hydrogen-bond donors (Lipinski definition) is 1. The van der Waals surface area contributed by atoms with E-state index in [4.69, 9.17) is 4.74 Å². The predicted molar refractivity (Wildman–Crippen MR) is 97.4 cm³/mol. The Morgan fingerprint density at radius 2 is 1.92 bits per heavy atom. The van der Waals surface area contributed by atoms with Crippen molar-refractivity contribution in [3.05, 3.63) is 68.2 Å². The number of methoxy groups -OCH3 is 1. The van der Waals surface area contributed by atoms with Crippen LogP contribution < -0.4 is 15.2 Å². The van der Waals surface area contributed by atoms with Gasteiger partial charge >= 0.3 is 5.69 Å². The SMILES string of the molecule is COc1c(/C=C2/C(=O)NN(c3ccccc3)C2=O)cc(Br)cc1[N+](=O)[O-]. The van der Waals surface area contributed by atoms with Gasteiger partial charge < -0.3 is 4.74 Å². The lowest BCUT2D eigenvalue weighted by Gasteiger charge is -2.13. The van der Waals surface area contributed by atoms with E-state index in [1.807, 2.05) is 0 Å². The molecule has 2 amide bonds. The second kappa shape index (κ2) is 6.96. The number of halogens is 1. The molecule has 0 saturated carbocycles. The van der Waals surface area contributed by atoms with E-state index in [1.54, 1.807) is 30.3 Å². The Hall–Kier alpha value is -3.20. The van der Waals surface area contributed by atoms with E-state index in [9.17, 15) is 19.7 Å². The molecule has 3 rings (SSSR count). The highest BCUT2D eigenvalue weighted by Crippen LogP contribution is 2.36. The molecular weight excluding hydrogens is 406 g/mol. The lowest BCUT2D eigenvalue weighted by atomic mass is 10.1. The Bertz CT molecular complexity index is 943. The van der Waals surface area contributed by atoms with Gasteiger partial charge in [0.15, 0.2) is 0 Å². The van der Waals surface area contributed by atoms with E-state index >= 15 is 0 Å². The van der Waals surface area contributed by atoms with Crippen LogP contribution in [-0.4, -0.2) is 23.8 Å². The molecule has 0 atom stereocenters. The molecule has 1 saturated heterocycles. The van der Waals surface area contributed by atoms with Crippen LogP contribution in [0.5, 0.6) is 5.75 Å². The molecule has 0 unspecified atom stereocenters. The minimum Gasteiger partial charge on any atom is -0.490 e. The quantitative estimate of drug-likeness (QED) is 0.356. The number of carbonyl (C=O) groups excluding carboxylic acids is 2. The molecular formula is C17H12BrN3O5. The Morgan fingerprint density at radius 3 is 2.54 bits per heavy atom. The number of benzene rings is 2. The first-order chi connectivity index (χ1) is 12.4. The molecule has 2 aromatic rings. The van der Waals surface area contributed by atoms with Crippen molar-refractivity contribution in [2.45, 2.75) is 0 Å². The number of rotatable bonds is 4. The van der Waals surface area contributed by atoms with Crippen LogP contribution in [0, 0.1) is 10.1 Å². The normalized spacial score (nSPS) is 15.3. The largest absolute Gasteiger partial charge is 0.490 e. The van der Waals surface area contributed by atoms with Crippen LogP contribution in [0.4, 0.5) is 11.4 Å². The first-order valence-electron chi connectivity index (χ1n) is 7.36.